The van der Waals surface area contributed by atoms with E-state index in [9.17, 15) is 0 Å². The van der Waals surface area contributed by atoms with Gasteiger partial charge in [-0.3, -0.25) is 9.88 Å². The van der Waals surface area contributed by atoms with Crippen LogP contribution in [-0.4, -0.2) is 23.0 Å². The Bertz CT molecular complexity index is 271. The highest BCUT2D eigenvalue weighted by Gasteiger charge is 2.07. The number of hydrogen-bond donors (Lipinski definition) is 0. The van der Waals surface area contributed by atoms with Gasteiger partial charge in [-0.1, -0.05) is 6.92 Å². The summed E-state index contributed by atoms with van der Waals surface area (Å²) in [5.41, 5.74) is 1.12. The van der Waals surface area contributed by atoms with Crippen molar-refractivity contribution >= 4 is 15.9 Å². The Hall–Kier alpha value is -0.410. The van der Waals surface area contributed by atoms with Crippen molar-refractivity contribution in [3.8, 4) is 0 Å². The first-order valence-electron chi connectivity index (χ1n) is 4.94. The molecule has 0 saturated heterocycles. The molecule has 1 rings (SSSR count). The van der Waals surface area contributed by atoms with Crippen LogP contribution in [-0.2, 0) is 6.54 Å². The van der Waals surface area contributed by atoms with Crippen LogP contribution in [0, 0.1) is 0 Å². The molecule has 0 aliphatic rings. The molecule has 0 aliphatic heterocycles. The molecule has 1 heterocycles. The smallest absolute Gasteiger partial charge is 0.0544 e. The summed E-state index contributed by atoms with van der Waals surface area (Å²) < 4.78 is 1.03. The maximum atomic E-state index is 4.35. The van der Waals surface area contributed by atoms with E-state index in [-0.39, 0.29) is 0 Å². The molecule has 1 unspecified atom stereocenters. The van der Waals surface area contributed by atoms with E-state index >= 15 is 0 Å². The predicted octanol–water partition coefficient (Wildman–Crippen LogP) is 3.07. The van der Waals surface area contributed by atoms with Crippen LogP contribution in [0.3, 0.4) is 0 Å². The summed E-state index contributed by atoms with van der Waals surface area (Å²) in [6, 6.07) is 4.70. The van der Waals surface area contributed by atoms with Crippen LogP contribution in [0.5, 0.6) is 0 Å². The number of pyridine rings is 1. The van der Waals surface area contributed by atoms with Crippen LogP contribution in [0.15, 0.2) is 22.8 Å². The lowest BCUT2D eigenvalue weighted by atomic mass is 10.2. The lowest BCUT2D eigenvalue weighted by Crippen LogP contribution is -2.28. The molecule has 0 radical (unpaired) electrons. The van der Waals surface area contributed by atoms with Crippen LogP contribution in [0.2, 0.25) is 0 Å². The highest BCUT2D eigenvalue weighted by Crippen LogP contribution is 2.10. The van der Waals surface area contributed by atoms with Crippen molar-refractivity contribution in [2.24, 2.45) is 0 Å². The van der Waals surface area contributed by atoms with Gasteiger partial charge in [0.15, 0.2) is 0 Å². The molecule has 78 valence electrons. The first-order chi connectivity index (χ1) is 6.63. The second-order valence-corrected chi connectivity index (χ2v) is 4.56. The minimum Gasteiger partial charge on any atom is -0.298 e. The van der Waals surface area contributed by atoms with E-state index in [1.807, 2.05) is 12.3 Å². The Morgan fingerprint density at radius 1 is 1.50 bits per heavy atom. The van der Waals surface area contributed by atoms with Crippen molar-refractivity contribution < 1.29 is 0 Å². The first-order valence-corrected chi connectivity index (χ1v) is 5.73. The molecule has 1 aromatic heterocycles. The van der Waals surface area contributed by atoms with Gasteiger partial charge >= 0.3 is 0 Å². The number of halogens is 1. The second kappa shape index (κ2) is 5.47. The summed E-state index contributed by atoms with van der Waals surface area (Å²) in [4.78, 5) is 6.66. The van der Waals surface area contributed by atoms with Gasteiger partial charge in [-0.15, -0.1) is 0 Å². The Balaban J connectivity index is 2.56. The molecule has 0 bridgehead atoms. The van der Waals surface area contributed by atoms with Crippen LogP contribution in [0.1, 0.15) is 26.0 Å². The molecular formula is C11H17BrN2. The molecule has 0 aromatic carbocycles. The Labute approximate surface area is 94.5 Å². The topological polar surface area (TPSA) is 16.1 Å². The number of hydrogen-bond acceptors (Lipinski definition) is 2. The minimum absolute atomic E-state index is 0.612. The summed E-state index contributed by atoms with van der Waals surface area (Å²) in [5, 5.41) is 0. The zero-order valence-electron chi connectivity index (χ0n) is 9.00. The van der Waals surface area contributed by atoms with Crippen LogP contribution in [0.25, 0.3) is 0 Å². The van der Waals surface area contributed by atoms with Gasteiger partial charge in [0.1, 0.15) is 0 Å². The van der Waals surface area contributed by atoms with E-state index in [1.54, 1.807) is 0 Å². The van der Waals surface area contributed by atoms with E-state index < -0.39 is 0 Å². The molecule has 2 nitrogen and oxygen atoms in total. The second-order valence-electron chi connectivity index (χ2n) is 3.64. The molecule has 3 heteroatoms. The van der Waals surface area contributed by atoms with Gasteiger partial charge in [-0.25, -0.2) is 0 Å². The Kier molecular flexibility index (Phi) is 4.55. The maximum absolute atomic E-state index is 4.35. The van der Waals surface area contributed by atoms with E-state index in [2.05, 4.69) is 52.8 Å². The molecule has 0 fully saturated rings. The van der Waals surface area contributed by atoms with Gasteiger partial charge in [0.2, 0.25) is 0 Å². The fourth-order valence-electron chi connectivity index (χ4n) is 1.22. The minimum atomic E-state index is 0.612. The van der Waals surface area contributed by atoms with E-state index in [4.69, 9.17) is 0 Å². The highest BCUT2D eigenvalue weighted by molar-refractivity contribution is 9.10. The lowest BCUT2D eigenvalue weighted by Gasteiger charge is -2.22. The van der Waals surface area contributed by atoms with Gasteiger partial charge in [0.25, 0.3) is 0 Å². The fraction of sp³-hybridized carbons (Fsp3) is 0.545. The molecule has 1 atom stereocenters. The summed E-state index contributed by atoms with van der Waals surface area (Å²) in [7, 11) is 2.14. The third-order valence-electron chi connectivity index (χ3n) is 2.54. The molecule has 0 N–H and O–H groups in total. The number of rotatable bonds is 4. The fourth-order valence-corrected chi connectivity index (χ4v) is 1.46. The van der Waals surface area contributed by atoms with Gasteiger partial charge in [-0.05, 0) is 48.5 Å². The standard InChI is InChI=1S/C11H17BrN2/c1-4-9(2)14(3)8-11-6-5-10(12)7-13-11/h5-7,9H,4,8H2,1-3H3. The Morgan fingerprint density at radius 2 is 2.21 bits per heavy atom. The lowest BCUT2D eigenvalue weighted by molar-refractivity contribution is 0.241. The average Bonchev–Trinajstić information content (AvgIpc) is 2.20. The van der Waals surface area contributed by atoms with Gasteiger partial charge in [0, 0.05) is 23.3 Å². The third-order valence-corrected chi connectivity index (χ3v) is 3.01. The predicted molar refractivity (Wildman–Crippen MR) is 63.2 cm³/mol. The van der Waals surface area contributed by atoms with E-state index in [0.717, 1.165) is 16.7 Å². The van der Waals surface area contributed by atoms with Crippen molar-refractivity contribution in [2.75, 3.05) is 7.05 Å². The molecular weight excluding hydrogens is 240 g/mol. The molecule has 14 heavy (non-hydrogen) atoms. The molecule has 0 amide bonds. The molecule has 0 aliphatic carbocycles. The highest BCUT2D eigenvalue weighted by atomic mass is 79.9. The zero-order valence-corrected chi connectivity index (χ0v) is 10.6. The average molecular weight is 257 g/mol. The van der Waals surface area contributed by atoms with Crippen LogP contribution >= 0.6 is 15.9 Å². The van der Waals surface area contributed by atoms with Crippen LogP contribution in [0.4, 0.5) is 0 Å². The number of aromatic nitrogens is 1. The largest absolute Gasteiger partial charge is 0.298 e. The zero-order chi connectivity index (χ0) is 10.6. The number of nitrogens with zero attached hydrogens (tertiary/aromatic N) is 2. The van der Waals surface area contributed by atoms with Crippen LogP contribution < -0.4 is 0 Å². The van der Waals surface area contributed by atoms with Gasteiger partial charge in [-0.2, -0.15) is 0 Å². The monoisotopic (exact) mass is 256 g/mol. The summed E-state index contributed by atoms with van der Waals surface area (Å²) in [6.45, 7) is 5.36. The van der Waals surface area contributed by atoms with E-state index in [0.29, 0.717) is 6.04 Å². The van der Waals surface area contributed by atoms with Gasteiger partial charge < -0.3 is 0 Å². The molecule has 1 aromatic rings. The first kappa shape index (κ1) is 11.7. The summed E-state index contributed by atoms with van der Waals surface area (Å²) in [6.07, 6.45) is 3.02. The normalized spacial score (nSPS) is 13.2. The van der Waals surface area contributed by atoms with Crippen molar-refractivity contribution in [1.82, 2.24) is 9.88 Å². The van der Waals surface area contributed by atoms with Crippen molar-refractivity contribution in [3.63, 3.8) is 0 Å². The van der Waals surface area contributed by atoms with Crippen molar-refractivity contribution in [2.45, 2.75) is 32.9 Å². The SMILES string of the molecule is CCC(C)N(C)Cc1ccc(Br)cn1. The molecule has 0 saturated carbocycles. The maximum Gasteiger partial charge on any atom is 0.0544 e. The summed E-state index contributed by atoms with van der Waals surface area (Å²) in [5.74, 6) is 0. The van der Waals surface area contributed by atoms with Crippen molar-refractivity contribution in [3.05, 3.63) is 28.5 Å². The van der Waals surface area contributed by atoms with Gasteiger partial charge in [0.05, 0.1) is 5.69 Å². The third kappa shape index (κ3) is 3.39. The summed E-state index contributed by atoms with van der Waals surface area (Å²) >= 11 is 3.38. The van der Waals surface area contributed by atoms with Crippen molar-refractivity contribution in [1.29, 1.82) is 0 Å². The quantitative estimate of drug-likeness (QED) is 0.824. The Morgan fingerprint density at radius 3 is 2.71 bits per heavy atom. The van der Waals surface area contributed by atoms with E-state index in [1.165, 1.54) is 6.42 Å². The molecule has 0 spiro atoms.